The Morgan fingerprint density at radius 1 is 0.613 bits per heavy atom. The van der Waals surface area contributed by atoms with E-state index in [0.717, 1.165) is 0 Å². The smallest absolute Gasteiger partial charge is 0.343 e. The lowest BCUT2D eigenvalue weighted by Crippen LogP contribution is -2.14. The van der Waals surface area contributed by atoms with Crippen LogP contribution in [0.2, 0.25) is 0 Å². The molecule has 156 valence electrons. The Bertz CT molecular complexity index is 1080. The van der Waals surface area contributed by atoms with E-state index in [9.17, 15) is 9.59 Å². The second-order valence-corrected chi connectivity index (χ2v) is 6.50. The van der Waals surface area contributed by atoms with E-state index in [4.69, 9.17) is 37.5 Å². The molecule has 0 aliphatic carbocycles. The van der Waals surface area contributed by atoms with E-state index < -0.39 is 11.9 Å². The highest BCUT2D eigenvalue weighted by atomic mass is 16.5. The molecular formula is C22H19N5O4. The van der Waals surface area contributed by atoms with Crippen LogP contribution in [-0.4, -0.2) is 23.6 Å². The molecule has 8 N–H and O–H groups in total. The van der Waals surface area contributed by atoms with Crippen LogP contribution in [0.5, 0.6) is 11.5 Å². The number of nitrogen functional groups attached to an aromatic ring is 3. The van der Waals surface area contributed by atoms with Gasteiger partial charge in [0.25, 0.3) is 0 Å². The van der Waals surface area contributed by atoms with Crippen molar-refractivity contribution in [2.24, 2.45) is 11.5 Å². The maximum absolute atomic E-state index is 12.5. The van der Waals surface area contributed by atoms with Crippen LogP contribution >= 0.6 is 0 Å². The van der Waals surface area contributed by atoms with Crippen LogP contribution in [-0.2, 0) is 0 Å². The molecule has 0 aromatic heterocycles. The van der Waals surface area contributed by atoms with Gasteiger partial charge in [-0.25, -0.2) is 9.59 Å². The zero-order valence-corrected chi connectivity index (χ0v) is 16.2. The molecule has 3 rings (SSSR count). The second kappa shape index (κ2) is 8.78. The minimum Gasteiger partial charge on any atom is -0.423 e. The fraction of sp³-hybridized carbons (Fsp3) is 0. The fourth-order valence-corrected chi connectivity index (χ4v) is 2.62. The Morgan fingerprint density at radius 3 is 1.29 bits per heavy atom. The Kier molecular flexibility index (Phi) is 5.97. The first-order chi connectivity index (χ1) is 14.7. The highest BCUT2D eigenvalue weighted by Gasteiger charge is 2.16. The molecule has 31 heavy (non-hydrogen) atoms. The molecule has 0 spiro atoms. The highest BCUT2D eigenvalue weighted by molar-refractivity contribution is 5.99. The maximum atomic E-state index is 12.5. The van der Waals surface area contributed by atoms with Gasteiger partial charge < -0.3 is 26.7 Å². The number of benzene rings is 3. The molecule has 0 amide bonds. The van der Waals surface area contributed by atoms with E-state index in [1.54, 1.807) is 24.3 Å². The van der Waals surface area contributed by atoms with Gasteiger partial charge in [-0.2, -0.15) is 0 Å². The number of ether oxygens (including phenoxy) is 2. The molecule has 0 heterocycles. The van der Waals surface area contributed by atoms with Crippen molar-refractivity contribution in [1.29, 1.82) is 10.8 Å². The van der Waals surface area contributed by atoms with Gasteiger partial charge in [0.15, 0.2) is 0 Å². The second-order valence-electron chi connectivity index (χ2n) is 6.50. The molecule has 0 radical (unpaired) electrons. The largest absolute Gasteiger partial charge is 0.423 e. The molecule has 0 saturated carbocycles. The van der Waals surface area contributed by atoms with E-state index in [1.807, 2.05) is 0 Å². The monoisotopic (exact) mass is 417 g/mol. The summed E-state index contributed by atoms with van der Waals surface area (Å²) in [6.45, 7) is 0. The molecular weight excluding hydrogens is 398 g/mol. The van der Waals surface area contributed by atoms with Crippen LogP contribution in [0.1, 0.15) is 31.8 Å². The molecule has 0 unspecified atom stereocenters. The van der Waals surface area contributed by atoms with Gasteiger partial charge in [0.1, 0.15) is 23.2 Å². The molecule has 9 heteroatoms. The van der Waals surface area contributed by atoms with E-state index in [1.165, 1.54) is 42.5 Å². The summed E-state index contributed by atoms with van der Waals surface area (Å²) < 4.78 is 10.6. The third-order valence-electron chi connectivity index (χ3n) is 4.18. The summed E-state index contributed by atoms with van der Waals surface area (Å²) in [5.74, 6) is -1.16. The first-order valence-electron chi connectivity index (χ1n) is 8.97. The predicted octanol–water partition coefficient (Wildman–Crippen LogP) is 2.28. The number of rotatable bonds is 6. The number of carbonyl (C=O) groups excluding carboxylic acids is 2. The summed E-state index contributed by atoms with van der Waals surface area (Å²) in [7, 11) is 0. The number of nitrogens with two attached hydrogens (primary N) is 3. The van der Waals surface area contributed by atoms with Crippen molar-refractivity contribution in [3.05, 3.63) is 89.0 Å². The summed E-state index contributed by atoms with van der Waals surface area (Å²) in [4.78, 5) is 25.0. The van der Waals surface area contributed by atoms with Gasteiger partial charge in [0, 0.05) is 16.8 Å². The number of anilines is 1. The average Bonchev–Trinajstić information content (AvgIpc) is 2.74. The van der Waals surface area contributed by atoms with Crippen LogP contribution < -0.4 is 26.7 Å². The fourth-order valence-electron chi connectivity index (χ4n) is 2.62. The normalized spacial score (nSPS) is 10.2. The quantitative estimate of drug-likeness (QED) is 0.134. The molecule has 0 aliphatic rings. The summed E-state index contributed by atoms with van der Waals surface area (Å²) in [6, 6.07) is 16.3. The molecule has 0 fully saturated rings. The minimum absolute atomic E-state index is 0.0644. The third-order valence-corrected chi connectivity index (χ3v) is 4.18. The summed E-state index contributed by atoms with van der Waals surface area (Å²) >= 11 is 0. The van der Waals surface area contributed by atoms with Crippen molar-refractivity contribution in [2.75, 3.05) is 5.73 Å². The number of amidine groups is 2. The lowest BCUT2D eigenvalue weighted by atomic mass is 10.1. The average molecular weight is 417 g/mol. The first-order valence-corrected chi connectivity index (χ1v) is 8.97. The van der Waals surface area contributed by atoms with Crippen molar-refractivity contribution in [3.63, 3.8) is 0 Å². The number of nitrogens with one attached hydrogen (secondary N) is 2. The minimum atomic E-state index is -0.720. The van der Waals surface area contributed by atoms with Crippen LogP contribution in [0.25, 0.3) is 0 Å². The van der Waals surface area contributed by atoms with Crippen LogP contribution in [0, 0.1) is 10.8 Å². The molecule has 9 nitrogen and oxygen atoms in total. The number of hydrogen-bond donors (Lipinski definition) is 5. The Labute approximate surface area is 177 Å². The van der Waals surface area contributed by atoms with Crippen molar-refractivity contribution in [2.45, 2.75) is 0 Å². The van der Waals surface area contributed by atoms with Gasteiger partial charge in [-0.1, -0.05) is 0 Å². The third kappa shape index (κ3) is 5.24. The van der Waals surface area contributed by atoms with E-state index in [0.29, 0.717) is 11.1 Å². The van der Waals surface area contributed by atoms with E-state index >= 15 is 0 Å². The van der Waals surface area contributed by atoms with Crippen LogP contribution in [0.3, 0.4) is 0 Å². The number of carbonyl (C=O) groups is 2. The molecule has 0 saturated heterocycles. The Balaban J connectivity index is 1.75. The Morgan fingerprint density at radius 2 is 0.968 bits per heavy atom. The predicted molar refractivity (Wildman–Crippen MR) is 116 cm³/mol. The first kappa shape index (κ1) is 21.1. The van der Waals surface area contributed by atoms with Gasteiger partial charge in [0.2, 0.25) is 0 Å². The van der Waals surface area contributed by atoms with E-state index in [-0.39, 0.29) is 40.0 Å². The molecule has 0 bridgehead atoms. The molecule has 3 aromatic rings. The van der Waals surface area contributed by atoms with Crippen molar-refractivity contribution < 1.29 is 19.1 Å². The van der Waals surface area contributed by atoms with Crippen LogP contribution in [0.4, 0.5) is 5.69 Å². The SMILES string of the molecule is N=C(N)c1ccc(OC(=O)c2cc(N)cc(C(=O)Oc3ccc(C(=N)N)cc3)c2)cc1. The molecule has 3 aromatic carbocycles. The summed E-state index contributed by atoms with van der Waals surface area (Å²) in [5, 5.41) is 14.8. The van der Waals surface area contributed by atoms with Gasteiger partial charge in [-0.15, -0.1) is 0 Å². The maximum Gasteiger partial charge on any atom is 0.343 e. The van der Waals surface area contributed by atoms with Gasteiger partial charge in [-0.05, 0) is 66.7 Å². The zero-order chi connectivity index (χ0) is 22.5. The standard InChI is InChI=1S/C22H19N5O4/c23-16-10-14(21(28)30-17-5-1-12(2-6-17)19(24)25)9-15(11-16)22(29)31-18-7-3-13(4-8-18)20(26)27/h1-11H,23H2,(H3,24,25)(H3,26,27). The topological polar surface area (TPSA) is 178 Å². The van der Waals surface area contributed by atoms with Gasteiger partial charge in [0.05, 0.1) is 11.1 Å². The van der Waals surface area contributed by atoms with Gasteiger partial charge >= 0.3 is 11.9 Å². The zero-order valence-electron chi connectivity index (χ0n) is 16.2. The van der Waals surface area contributed by atoms with Crippen molar-refractivity contribution >= 4 is 29.3 Å². The molecule has 0 atom stereocenters. The number of esters is 2. The van der Waals surface area contributed by atoms with Crippen molar-refractivity contribution in [3.8, 4) is 11.5 Å². The summed E-state index contributed by atoms with van der Waals surface area (Å²) in [6.07, 6.45) is 0. The van der Waals surface area contributed by atoms with Crippen LogP contribution in [0.15, 0.2) is 66.7 Å². The Hall–Kier alpha value is -4.66. The van der Waals surface area contributed by atoms with Gasteiger partial charge in [-0.3, -0.25) is 10.8 Å². The van der Waals surface area contributed by atoms with Crippen molar-refractivity contribution in [1.82, 2.24) is 0 Å². The summed E-state index contributed by atoms with van der Waals surface area (Å²) in [5.41, 5.74) is 17.9. The molecule has 0 aliphatic heterocycles. The van der Waals surface area contributed by atoms with E-state index in [2.05, 4.69) is 0 Å². The number of hydrogen-bond acceptors (Lipinski definition) is 7. The lowest BCUT2D eigenvalue weighted by molar-refractivity contribution is 0.0734. The lowest BCUT2D eigenvalue weighted by Gasteiger charge is -2.09. The highest BCUT2D eigenvalue weighted by Crippen LogP contribution is 2.19.